The maximum atomic E-state index is 12.8. The van der Waals surface area contributed by atoms with Gasteiger partial charge in [-0.25, -0.2) is 14.6 Å². The molecule has 2 aromatic rings. The van der Waals surface area contributed by atoms with Crippen molar-refractivity contribution in [3.63, 3.8) is 0 Å². The van der Waals surface area contributed by atoms with Crippen LogP contribution in [0.1, 0.15) is 17.1 Å². The van der Waals surface area contributed by atoms with Crippen LogP contribution in [0.2, 0.25) is 0 Å². The number of esters is 1. The molecule has 1 aromatic heterocycles. The molecule has 13 nitrogen and oxygen atoms in total. The van der Waals surface area contributed by atoms with Gasteiger partial charge >= 0.3 is 18.2 Å². The number of amides is 1. The number of halogens is 3. The highest BCUT2D eigenvalue weighted by atomic mass is 19.4. The maximum absolute atomic E-state index is 12.8. The summed E-state index contributed by atoms with van der Waals surface area (Å²) < 4.78 is 57.9. The molecule has 0 saturated carbocycles. The first kappa shape index (κ1) is 26.7. The van der Waals surface area contributed by atoms with E-state index in [0.29, 0.717) is 0 Å². The van der Waals surface area contributed by atoms with Crippen LogP contribution >= 0.6 is 0 Å². The third-order valence-corrected chi connectivity index (χ3v) is 4.32. The minimum Gasteiger partial charge on any atom is -0.493 e. The topological polar surface area (TPSA) is 179 Å². The van der Waals surface area contributed by atoms with Crippen molar-refractivity contribution in [2.75, 3.05) is 20.8 Å². The lowest BCUT2D eigenvalue weighted by Gasteiger charge is -2.16. The number of hydrogen-bond acceptors (Lipinski definition) is 10. The molecule has 2 rings (SSSR count). The zero-order chi connectivity index (χ0) is 26.2. The normalized spacial score (nSPS) is 11.7. The van der Waals surface area contributed by atoms with E-state index >= 15 is 0 Å². The molecule has 35 heavy (non-hydrogen) atoms. The van der Waals surface area contributed by atoms with Crippen molar-refractivity contribution in [2.24, 2.45) is 0 Å². The number of alkyl carbamates (subject to hydrolysis) is 1. The number of H-pyrrole nitrogens is 1. The first-order valence-corrected chi connectivity index (χ1v) is 9.47. The summed E-state index contributed by atoms with van der Waals surface area (Å²) in [4.78, 5) is 40.2. The number of carbonyl (C=O) groups excluding carboxylic acids is 2. The van der Waals surface area contributed by atoms with E-state index in [1.807, 2.05) is 4.98 Å². The van der Waals surface area contributed by atoms with E-state index in [1.54, 1.807) is 0 Å². The number of rotatable bonds is 10. The zero-order valence-electron chi connectivity index (χ0n) is 18.2. The fourth-order valence-electron chi connectivity index (χ4n) is 2.75. The van der Waals surface area contributed by atoms with Gasteiger partial charge in [0, 0.05) is 18.3 Å². The lowest BCUT2D eigenvalue weighted by Crippen LogP contribution is -2.43. The zero-order valence-corrected chi connectivity index (χ0v) is 18.2. The standard InChI is InChI=1S/C19H18F3N5O8/c1-32-14-5-10(13(27(30)31)7-15(14)33-2)9-35-18(29)26-12(16(28)34-4-3-23)6-11-8-24-17(25-11)19(20,21)22/h5,7-8,12H,4,6,9H2,1-2H3,(H,24,25)(H,26,29)/t12-/m0/s1. The Morgan fingerprint density at radius 1 is 1.26 bits per heavy atom. The summed E-state index contributed by atoms with van der Waals surface area (Å²) in [6, 6.07) is 2.24. The number of aromatic nitrogens is 2. The van der Waals surface area contributed by atoms with Crippen LogP contribution in [0, 0.1) is 21.4 Å². The van der Waals surface area contributed by atoms with Crippen LogP contribution in [-0.2, 0) is 33.5 Å². The lowest BCUT2D eigenvalue weighted by atomic mass is 10.1. The molecule has 0 aliphatic rings. The van der Waals surface area contributed by atoms with Crippen LogP contribution in [0.15, 0.2) is 18.3 Å². The molecule has 2 N–H and O–H groups in total. The number of methoxy groups -OCH3 is 2. The summed E-state index contributed by atoms with van der Waals surface area (Å²) in [5.74, 6) is -2.27. The number of nitro benzene ring substituents is 1. The Morgan fingerprint density at radius 3 is 2.46 bits per heavy atom. The van der Waals surface area contributed by atoms with E-state index in [-0.39, 0.29) is 22.8 Å². The Kier molecular flexibility index (Phi) is 8.80. The number of hydrogen-bond donors (Lipinski definition) is 2. The smallest absolute Gasteiger partial charge is 0.449 e. The third-order valence-electron chi connectivity index (χ3n) is 4.32. The van der Waals surface area contributed by atoms with E-state index in [0.717, 1.165) is 12.3 Å². The highest BCUT2D eigenvalue weighted by Gasteiger charge is 2.35. The van der Waals surface area contributed by atoms with Crippen molar-refractivity contribution in [3.8, 4) is 17.6 Å². The van der Waals surface area contributed by atoms with Gasteiger partial charge < -0.3 is 29.2 Å². The number of benzene rings is 1. The van der Waals surface area contributed by atoms with Crippen molar-refractivity contribution in [1.29, 1.82) is 5.26 Å². The van der Waals surface area contributed by atoms with E-state index in [4.69, 9.17) is 19.5 Å². The molecule has 0 spiro atoms. The Bertz CT molecular complexity index is 1130. The SMILES string of the molecule is COc1cc(COC(=O)N[C@@H](Cc2cnc(C(F)(F)F)[nH]2)C(=O)OCC#N)c([N+](=O)[O-])cc1OC. The molecule has 188 valence electrons. The van der Waals surface area contributed by atoms with Gasteiger partial charge in [0.15, 0.2) is 18.1 Å². The number of aromatic amines is 1. The van der Waals surface area contributed by atoms with E-state index in [2.05, 4.69) is 15.0 Å². The summed E-state index contributed by atoms with van der Waals surface area (Å²) >= 11 is 0. The molecule has 1 atom stereocenters. The number of carbonyl (C=O) groups is 2. The molecule has 0 aliphatic heterocycles. The second-order valence-electron chi connectivity index (χ2n) is 6.59. The van der Waals surface area contributed by atoms with Crippen LogP contribution < -0.4 is 14.8 Å². The van der Waals surface area contributed by atoms with Crippen LogP contribution in [0.4, 0.5) is 23.7 Å². The molecule has 0 bridgehead atoms. The highest BCUT2D eigenvalue weighted by Crippen LogP contribution is 2.34. The molecule has 0 radical (unpaired) electrons. The Morgan fingerprint density at radius 2 is 1.91 bits per heavy atom. The lowest BCUT2D eigenvalue weighted by molar-refractivity contribution is -0.385. The molecule has 0 unspecified atom stereocenters. The van der Waals surface area contributed by atoms with Gasteiger partial charge in [-0.2, -0.15) is 18.4 Å². The second-order valence-corrected chi connectivity index (χ2v) is 6.59. The second kappa shape index (κ2) is 11.5. The summed E-state index contributed by atoms with van der Waals surface area (Å²) in [5.41, 5.74) is -0.695. The maximum Gasteiger partial charge on any atom is 0.449 e. The quantitative estimate of drug-likeness (QED) is 0.279. The number of imidazole rings is 1. The summed E-state index contributed by atoms with van der Waals surface area (Å²) in [6.07, 6.45) is -5.72. The minimum absolute atomic E-state index is 0.0606. The molecule has 1 aromatic carbocycles. The molecule has 16 heteroatoms. The Balaban J connectivity index is 2.17. The fraction of sp³-hybridized carbons (Fsp3) is 0.368. The van der Waals surface area contributed by atoms with Gasteiger partial charge in [0.25, 0.3) is 5.69 Å². The van der Waals surface area contributed by atoms with Gasteiger partial charge in [0.2, 0.25) is 5.82 Å². The van der Waals surface area contributed by atoms with Crippen LogP contribution in [0.3, 0.4) is 0 Å². The summed E-state index contributed by atoms with van der Waals surface area (Å²) in [5, 5.41) is 22.0. The number of alkyl halides is 3. The number of ether oxygens (including phenoxy) is 4. The van der Waals surface area contributed by atoms with Crippen molar-refractivity contribution in [1.82, 2.24) is 15.3 Å². The number of nitriles is 1. The van der Waals surface area contributed by atoms with Gasteiger partial charge in [-0.05, 0) is 6.07 Å². The van der Waals surface area contributed by atoms with Crippen molar-refractivity contribution in [3.05, 3.63) is 45.5 Å². The van der Waals surface area contributed by atoms with Crippen molar-refractivity contribution < 1.29 is 46.6 Å². The summed E-state index contributed by atoms with van der Waals surface area (Å²) in [7, 11) is 2.56. The van der Waals surface area contributed by atoms with Crippen molar-refractivity contribution in [2.45, 2.75) is 25.2 Å². The Labute approximate surface area is 194 Å². The average molecular weight is 501 g/mol. The van der Waals surface area contributed by atoms with Gasteiger partial charge in [-0.15, -0.1) is 0 Å². The first-order valence-electron chi connectivity index (χ1n) is 9.47. The van der Waals surface area contributed by atoms with Gasteiger partial charge in [0.05, 0.1) is 30.8 Å². The van der Waals surface area contributed by atoms with Gasteiger partial charge in [-0.3, -0.25) is 10.1 Å². The van der Waals surface area contributed by atoms with Gasteiger partial charge in [-0.1, -0.05) is 0 Å². The number of nitrogens with one attached hydrogen (secondary N) is 2. The van der Waals surface area contributed by atoms with Crippen molar-refractivity contribution >= 4 is 17.7 Å². The highest BCUT2D eigenvalue weighted by molar-refractivity contribution is 5.81. The van der Waals surface area contributed by atoms with Gasteiger partial charge in [0.1, 0.15) is 18.7 Å². The molecule has 0 fully saturated rings. The molecular weight excluding hydrogens is 483 g/mol. The molecule has 1 amide bonds. The molecule has 1 heterocycles. The number of nitro groups is 1. The predicted molar refractivity (Wildman–Crippen MR) is 107 cm³/mol. The largest absolute Gasteiger partial charge is 0.493 e. The number of nitrogens with zero attached hydrogens (tertiary/aromatic N) is 3. The molecule has 0 saturated heterocycles. The average Bonchev–Trinajstić information content (AvgIpc) is 3.29. The summed E-state index contributed by atoms with van der Waals surface area (Å²) in [6.45, 7) is -1.31. The predicted octanol–water partition coefficient (Wildman–Crippen LogP) is 2.26. The van der Waals surface area contributed by atoms with E-state index in [1.165, 1.54) is 26.4 Å². The first-order chi connectivity index (χ1) is 16.5. The van der Waals surface area contributed by atoms with Crippen LogP contribution in [0.5, 0.6) is 11.5 Å². The van der Waals surface area contributed by atoms with Crippen LogP contribution in [-0.4, -0.2) is 53.8 Å². The van der Waals surface area contributed by atoms with E-state index in [9.17, 15) is 32.9 Å². The van der Waals surface area contributed by atoms with E-state index < -0.39 is 60.4 Å². The minimum atomic E-state index is -4.77. The molecular formula is C19H18F3N5O8. The van der Waals surface area contributed by atoms with Crippen LogP contribution in [0.25, 0.3) is 0 Å². The third kappa shape index (κ3) is 7.22. The fourth-order valence-corrected chi connectivity index (χ4v) is 2.75. The Hall–Kier alpha value is -4.55. The molecule has 0 aliphatic carbocycles. The monoisotopic (exact) mass is 501 g/mol.